The summed E-state index contributed by atoms with van der Waals surface area (Å²) in [7, 11) is 0. The maximum atomic E-state index is 13.9. The summed E-state index contributed by atoms with van der Waals surface area (Å²) in [4.78, 5) is 55.9. The number of nitrogens with zero attached hydrogens (tertiary/aromatic N) is 1. The molecule has 38 heavy (non-hydrogen) atoms. The molecule has 0 aromatic heterocycles. The van der Waals surface area contributed by atoms with Crippen molar-refractivity contribution in [1.29, 1.82) is 0 Å². The summed E-state index contributed by atoms with van der Waals surface area (Å²) in [5.41, 5.74) is 3.32. The number of amides is 2. The van der Waals surface area contributed by atoms with Crippen LogP contribution in [0.3, 0.4) is 0 Å². The Morgan fingerprint density at radius 1 is 1.05 bits per heavy atom. The highest BCUT2D eigenvalue weighted by atomic mass is 16.3. The van der Waals surface area contributed by atoms with E-state index in [2.05, 4.69) is 6.58 Å². The van der Waals surface area contributed by atoms with Gasteiger partial charge in [0, 0.05) is 34.2 Å². The van der Waals surface area contributed by atoms with Gasteiger partial charge in [0.25, 0.3) is 0 Å². The van der Waals surface area contributed by atoms with Gasteiger partial charge in [0.1, 0.15) is 5.75 Å². The third kappa shape index (κ3) is 3.60. The fraction of sp³-hybridized carbons (Fsp3) is 0.438. The van der Waals surface area contributed by atoms with Crippen molar-refractivity contribution >= 4 is 23.4 Å². The van der Waals surface area contributed by atoms with E-state index in [1.54, 1.807) is 24.0 Å². The molecule has 6 rings (SSSR count). The van der Waals surface area contributed by atoms with Gasteiger partial charge in [-0.1, -0.05) is 55.2 Å². The minimum absolute atomic E-state index is 0.0462. The Morgan fingerprint density at radius 2 is 1.82 bits per heavy atom. The molecule has 1 heterocycles. The Balaban J connectivity index is 1.48. The maximum Gasteiger partial charge on any atom is 0.233 e. The summed E-state index contributed by atoms with van der Waals surface area (Å²) in [6.45, 7) is 5.43. The lowest BCUT2D eigenvalue weighted by atomic mass is 9.59. The Bertz CT molecular complexity index is 1370. The fourth-order valence-electron chi connectivity index (χ4n) is 7.60. The van der Waals surface area contributed by atoms with Crippen molar-refractivity contribution in [1.82, 2.24) is 4.90 Å². The topological polar surface area (TPSA) is 91.8 Å². The van der Waals surface area contributed by atoms with E-state index in [0.717, 1.165) is 37.7 Å². The first kappa shape index (κ1) is 24.8. The van der Waals surface area contributed by atoms with Crippen LogP contribution in [-0.2, 0) is 25.6 Å². The van der Waals surface area contributed by atoms with Crippen molar-refractivity contribution in [3.05, 3.63) is 76.4 Å². The molecule has 4 atom stereocenters. The molecule has 6 nitrogen and oxygen atoms in total. The smallest absolute Gasteiger partial charge is 0.233 e. The average Bonchev–Trinajstić information content (AvgIpc) is 3.18. The van der Waals surface area contributed by atoms with Crippen LogP contribution in [0.4, 0.5) is 0 Å². The quantitative estimate of drug-likeness (QED) is 0.353. The zero-order valence-electron chi connectivity index (χ0n) is 21.7. The molecular weight excluding hydrogens is 478 g/mol. The molecule has 2 amide bonds. The highest BCUT2D eigenvalue weighted by Crippen LogP contribution is 2.56. The summed E-state index contributed by atoms with van der Waals surface area (Å²) in [5, 5.41) is 11.3. The van der Waals surface area contributed by atoms with Gasteiger partial charge in [-0.3, -0.25) is 24.1 Å². The second-order valence-electron chi connectivity index (χ2n) is 11.4. The van der Waals surface area contributed by atoms with Crippen molar-refractivity contribution in [3.63, 3.8) is 0 Å². The Morgan fingerprint density at radius 3 is 2.55 bits per heavy atom. The van der Waals surface area contributed by atoms with Crippen molar-refractivity contribution in [2.75, 3.05) is 0 Å². The number of aromatic hydroxyl groups is 1. The van der Waals surface area contributed by atoms with Gasteiger partial charge in [-0.05, 0) is 56.6 Å². The largest absolute Gasteiger partial charge is 0.507 e. The number of phenols is 1. The third-order valence-electron chi connectivity index (χ3n) is 9.36. The van der Waals surface area contributed by atoms with Crippen molar-refractivity contribution < 1.29 is 24.3 Å². The Kier molecular flexibility index (Phi) is 6.09. The van der Waals surface area contributed by atoms with Gasteiger partial charge in [-0.15, -0.1) is 6.58 Å². The number of hydrogen-bond acceptors (Lipinski definition) is 5. The molecule has 196 valence electrons. The molecule has 6 heteroatoms. The zero-order valence-corrected chi connectivity index (χ0v) is 21.7. The van der Waals surface area contributed by atoms with Crippen molar-refractivity contribution in [2.24, 2.45) is 17.8 Å². The molecule has 1 saturated heterocycles. The number of allylic oxidation sites excluding steroid dienone is 7. The average molecular weight is 512 g/mol. The van der Waals surface area contributed by atoms with Crippen LogP contribution in [0, 0.1) is 17.8 Å². The van der Waals surface area contributed by atoms with Crippen molar-refractivity contribution in [2.45, 2.75) is 70.3 Å². The second-order valence-corrected chi connectivity index (χ2v) is 11.4. The second kappa shape index (κ2) is 9.33. The number of ketones is 2. The number of hydrogen-bond donors (Lipinski definition) is 1. The number of Topliss-reactive ketones (excluding diaryl/α,β-unsaturated/α-hetero) is 1. The van der Waals surface area contributed by atoms with Crippen LogP contribution in [0.5, 0.6) is 5.75 Å². The molecule has 5 aliphatic rings. The molecule has 1 saturated carbocycles. The maximum absolute atomic E-state index is 13.9. The zero-order chi connectivity index (χ0) is 26.7. The van der Waals surface area contributed by atoms with E-state index >= 15 is 0 Å². The number of para-hydroxylation sites is 1. The van der Waals surface area contributed by atoms with Gasteiger partial charge in [0.05, 0.1) is 11.8 Å². The standard InChI is InChI=1S/C32H33NO5/c1-3-8-18-9-7-12-21(30(18)36)26-20-13-14-22-27(32(38)33(31(22)37)19-10-5-4-6-11-19)23(20)16-24-25(34)15-17(2)29(35)28(24)26/h3,7,9,12-13,15,19,22-23,26-27,36H,1,4-6,8,10-11,14,16H2,2H3. The third-order valence-corrected chi connectivity index (χ3v) is 9.36. The number of benzene rings is 1. The Hall–Kier alpha value is -3.54. The van der Waals surface area contributed by atoms with E-state index < -0.39 is 17.8 Å². The van der Waals surface area contributed by atoms with E-state index in [1.165, 1.54) is 6.08 Å². The first-order valence-electron chi connectivity index (χ1n) is 13.8. The normalized spacial score (nSPS) is 29.6. The minimum Gasteiger partial charge on any atom is -0.507 e. The number of imide groups is 1. The first-order valence-corrected chi connectivity index (χ1v) is 13.8. The number of carbonyl (C=O) groups is 4. The van der Waals surface area contributed by atoms with Gasteiger partial charge in [0.2, 0.25) is 11.8 Å². The molecule has 1 aliphatic heterocycles. The molecule has 1 aromatic rings. The Labute approximate surface area is 222 Å². The van der Waals surface area contributed by atoms with E-state index in [9.17, 15) is 24.3 Å². The molecule has 1 aromatic carbocycles. The molecule has 0 bridgehead atoms. The predicted octanol–water partition coefficient (Wildman–Crippen LogP) is 4.88. The van der Waals surface area contributed by atoms with Gasteiger partial charge >= 0.3 is 0 Å². The fourth-order valence-corrected chi connectivity index (χ4v) is 7.60. The molecule has 0 radical (unpaired) electrons. The minimum atomic E-state index is -0.638. The molecule has 2 fully saturated rings. The highest BCUT2D eigenvalue weighted by molar-refractivity contribution is 6.24. The molecule has 4 aliphatic carbocycles. The lowest BCUT2D eigenvalue weighted by molar-refractivity contribution is -0.143. The number of rotatable bonds is 4. The number of fused-ring (bicyclic) bond motifs is 3. The van der Waals surface area contributed by atoms with Crippen molar-refractivity contribution in [3.8, 4) is 5.75 Å². The molecule has 0 spiro atoms. The van der Waals surface area contributed by atoms with Crippen LogP contribution < -0.4 is 0 Å². The SMILES string of the molecule is C=CCc1cccc(C2C3=CCC4C(=O)N(C5CCCCC5)C(=O)C4C3CC3=C2C(=O)C(C)=CC3=O)c1O. The van der Waals surface area contributed by atoms with Crippen LogP contribution in [0.15, 0.2) is 65.3 Å². The summed E-state index contributed by atoms with van der Waals surface area (Å²) in [6.07, 6.45) is 11.1. The van der Waals surface area contributed by atoms with Gasteiger partial charge in [0.15, 0.2) is 11.6 Å². The van der Waals surface area contributed by atoms with E-state index in [0.29, 0.717) is 40.7 Å². The molecule has 1 N–H and O–H groups in total. The first-order chi connectivity index (χ1) is 18.3. The lowest BCUT2D eigenvalue weighted by Gasteiger charge is -2.42. The van der Waals surface area contributed by atoms with Crippen LogP contribution in [-0.4, -0.2) is 39.4 Å². The summed E-state index contributed by atoms with van der Waals surface area (Å²) in [5.74, 6) is -2.54. The lowest BCUT2D eigenvalue weighted by Crippen LogP contribution is -2.43. The van der Waals surface area contributed by atoms with E-state index in [1.807, 2.05) is 18.2 Å². The number of phenolic OH excluding ortho intramolecular Hbond substituents is 1. The summed E-state index contributed by atoms with van der Waals surface area (Å²) >= 11 is 0. The van der Waals surface area contributed by atoms with Crippen LogP contribution in [0.1, 0.15) is 68.9 Å². The van der Waals surface area contributed by atoms with E-state index in [-0.39, 0.29) is 47.5 Å². The van der Waals surface area contributed by atoms with Crippen LogP contribution in [0.2, 0.25) is 0 Å². The highest BCUT2D eigenvalue weighted by Gasteiger charge is 2.57. The predicted molar refractivity (Wildman–Crippen MR) is 142 cm³/mol. The van der Waals surface area contributed by atoms with Gasteiger partial charge in [-0.2, -0.15) is 0 Å². The molecular formula is C32H33NO5. The number of likely N-dealkylation sites (tertiary alicyclic amines) is 1. The van der Waals surface area contributed by atoms with Gasteiger partial charge < -0.3 is 5.11 Å². The van der Waals surface area contributed by atoms with Crippen LogP contribution in [0.25, 0.3) is 0 Å². The summed E-state index contributed by atoms with van der Waals surface area (Å²) in [6, 6.07) is 5.42. The summed E-state index contributed by atoms with van der Waals surface area (Å²) < 4.78 is 0. The van der Waals surface area contributed by atoms with Crippen LogP contribution >= 0.6 is 0 Å². The monoisotopic (exact) mass is 511 g/mol. The van der Waals surface area contributed by atoms with E-state index in [4.69, 9.17) is 0 Å². The van der Waals surface area contributed by atoms with Gasteiger partial charge in [-0.25, -0.2) is 0 Å². The number of carbonyl (C=O) groups excluding carboxylic acids is 4. The molecule has 4 unspecified atom stereocenters.